The molecule has 2 unspecified atom stereocenters. The van der Waals surface area contributed by atoms with E-state index in [9.17, 15) is 29.7 Å². The van der Waals surface area contributed by atoms with E-state index >= 15 is 0 Å². The third-order valence-corrected chi connectivity index (χ3v) is 13.5. The van der Waals surface area contributed by atoms with Crippen molar-refractivity contribution in [3.8, 4) is 23.8 Å². The minimum atomic E-state index is -1.05. The molecule has 2 aliphatic rings. The number of carboxylic acid groups (broad SMARTS) is 1. The Balaban J connectivity index is 0.00000961. The van der Waals surface area contributed by atoms with Gasteiger partial charge in [0.15, 0.2) is 0 Å². The highest BCUT2D eigenvalue weighted by molar-refractivity contribution is 5.85. The van der Waals surface area contributed by atoms with Gasteiger partial charge in [0.2, 0.25) is 29.7 Å². The number of carboxylic acids is 1. The molecule has 0 spiro atoms. The van der Waals surface area contributed by atoms with Gasteiger partial charge in [-0.15, -0.1) is 29.0 Å². The third kappa shape index (κ3) is 16.9. The van der Waals surface area contributed by atoms with Gasteiger partial charge < -0.3 is 65.9 Å². The number of phenolic OH excluding ortho intramolecular Hbond substituents is 2. The van der Waals surface area contributed by atoms with Crippen molar-refractivity contribution in [3.05, 3.63) is 83.4 Å². The van der Waals surface area contributed by atoms with Gasteiger partial charge in [-0.05, 0) is 54.2 Å². The van der Waals surface area contributed by atoms with Crippen molar-refractivity contribution < 1.29 is 43.9 Å². The summed E-state index contributed by atoms with van der Waals surface area (Å²) in [4.78, 5) is 62.6. The summed E-state index contributed by atoms with van der Waals surface area (Å²) < 4.78 is 19.5. The van der Waals surface area contributed by atoms with Gasteiger partial charge in [-0.1, -0.05) is 60.9 Å². The highest BCUT2D eigenvalue weighted by Crippen LogP contribution is 2.27. The molecular weight excluding hydrogens is 1020 g/mol. The summed E-state index contributed by atoms with van der Waals surface area (Å²) in [7, 11) is 0. The smallest absolute Gasteiger partial charge is 0.303 e. The molecule has 0 saturated carbocycles. The zero-order valence-corrected chi connectivity index (χ0v) is 44.4. The van der Waals surface area contributed by atoms with E-state index in [-0.39, 0.29) is 80.2 Å². The van der Waals surface area contributed by atoms with Crippen LogP contribution in [0.4, 0.5) is 17.8 Å². The summed E-state index contributed by atoms with van der Waals surface area (Å²) >= 11 is 0. The van der Waals surface area contributed by atoms with Crippen molar-refractivity contribution in [1.82, 2.24) is 54.7 Å². The van der Waals surface area contributed by atoms with Crippen molar-refractivity contribution in [2.45, 2.75) is 70.1 Å². The molecule has 2 fully saturated rings. The predicted octanol–water partition coefficient (Wildman–Crippen LogP) is 2.16. The molecule has 5 atom stereocenters. The van der Waals surface area contributed by atoms with Crippen molar-refractivity contribution >= 4 is 48.0 Å². The largest absolute Gasteiger partial charge is 0.508 e. The van der Waals surface area contributed by atoms with Gasteiger partial charge in [-0.2, -0.15) is 15.0 Å². The number of phenols is 2. The number of aromatic hydroxyl groups is 2. The molecule has 2 saturated heterocycles. The maximum absolute atomic E-state index is 14.5. The van der Waals surface area contributed by atoms with Crippen LogP contribution in [-0.4, -0.2) is 186 Å². The molecule has 26 heteroatoms. The number of hydrogen-bond donors (Lipinski definition) is 6. The quantitative estimate of drug-likeness (QED) is 0.0309. The number of terminal acetylenes is 1. The maximum atomic E-state index is 14.5. The van der Waals surface area contributed by atoms with Crippen LogP contribution < -0.4 is 26.6 Å². The second kappa shape index (κ2) is 29.3. The summed E-state index contributed by atoms with van der Waals surface area (Å²) in [5, 5.41) is 49.8. The Bertz CT molecular complexity index is 2670. The molecule has 25 nitrogen and oxygen atoms in total. The molecule has 7 rings (SSSR count). The molecule has 2 aromatic carbocycles. The van der Waals surface area contributed by atoms with E-state index in [4.69, 9.17) is 47.1 Å². The number of aromatic nitrogens is 9. The predicted molar refractivity (Wildman–Crippen MR) is 286 cm³/mol. The average molecular weight is 1090 g/mol. The number of benzene rings is 2. The number of aliphatic carboxylic acids is 1. The molecule has 0 bridgehead atoms. The monoisotopic (exact) mass is 1090 g/mol. The van der Waals surface area contributed by atoms with Crippen LogP contribution in [0.3, 0.4) is 0 Å². The molecule has 77 heavy (non-hydrogen) atoms. The van der Waals surface area contributed by atoms with Crippen LogP contribution in [-0.2, 0) is 41.4 Å². The summed E-state index contributed by atoms with van der Waals surface area (Å²) in [5.41, 5.74) is 15.8. The molecule has 0 radical (unpaired) electrons. The molecule has 2 amide bonds. The number of nitrogens with two attached hydrogens (primary N) is 2. The number of ether oxygens (including phenoxy) is 3. The van der Waals surface area contributed by atoms with Gasteiger partial charge in [0.1, 0.15) is 30.2 Å². The fourth-order valence-corrected chi connectivity index (χ4v) is 8.72. The first kappa shape index (κ1) is 59.0. The standard InChI is InChI=1S/C51H70N16O9.ClH/c1-4-25-74-27-29-76-30-28-75-26-16-54-49-55-50(64-21-17-62(18-22-64)47(72)43(14-15-45(70)71)66-33-41(58-60-66)40(52)31-36-6-10-38(68)11-7-36)57-51(56-49)65-23-19-63(20-24-65)48(73)44(32-37-8-12-39(69)13-9-37)67-34-42(59-61-67)46(53)35(3)5-2;/h1,6-13,33-35,40,43-44,46,68-69H,5,14-32,52-53H2,2-3H3,(H,70,71)(H,54,55,56,57);1H/t35-,40?,43+,44-,46?;/m1./s1. The second-order valence-electron chi connectivity index (χ2n) is 18.8. The highest BCUT2D eigenvalue weighted by Gasteiger charge is 2.34. The first-order chi connectivity index (χ1) is 36.8. The first-order valence-corrected chi connectivity index (χ1v) is 25.7. The molecule has 2 aliphatic heterocycles. The van der Waals surface area contributed by atoms with Gasteiger partial charge in [-0.3, -0.25) is 14.4 Å². The van der Waals surface area contributed by atoms with Crippen LogP contribution in [0.2, 0.25) is 0 Å². The lowest BCUT2D eigenvalue weighted by atomic mass is 9.98. The van der Waals surface area contributed by atoms with Crippen LogP contribution >= 0.6 is 12.4 Å². The topological polar surface area (TPSA) is 317 Å². The molecule has 0 aliphatic carbocycles. The molecular formula is C51H71ClN16O9. The number of nitrogens with zero attached hydrogens (tertiary/aromatic N) is 13. The molecule has 416 valence electrons. The van der Waals surface area contributed by atoms with Crippen LogP contribution in [0.25, 0.3) is 0 Å². The number of anilines is 3. The molecule has 3 aromatic heterocycles. The lowest BCUT2D eigenvalue weighted by Gasteiger charge is -2.38. The minimum absolute atomic E-state index is 0. The maximum Gasteiger partial charge on any atom is 0.303 e. The number of halogens is 1. The van der Waals surface area contributed by atoms with E-state index in [1.165, 1.54) is 4.68 Å². The van der Waals surface area contributed by atoms with Crippen molar-refractivity contribution in [2.75, 3.05) is 114 Å². The number of carbonyl (C=O) groups is 3. The molecule has 5 aromatic rings. The van der Waals surface area contributed by atoms with Crippen LogP contribution in [0, 0.1) is 18.3 Å². The van der Waals surface area contributed by atoms with E-state index in [0.717, 1.165) is 17.5 Å². The van der Waals surface area contributed by atoms with E-state index < -0.39 is 24.1 Å². The fourth-order valence-electron chi connectivity index (χ4n) is 8.72. The lowest BCUT2D eigenvalue weighted by molar-refractivity contribution is -0.139. The second-order valence-corrected chi connectivity index (χ2v) is 18.8. The van der Waals surface area contributed by atoms with Crippen molar-refractivity contribution in [2.24, 2.45) is 17.4 Å². The molecule has 8 N–H and O–H groups in total. The SMILES string of the molecule is C#CCOCCOCCOCCNc1nc(N2CCN(C(=O)[C@@H](Cc3ccc(O)cc3)n3cc(C(N)[C@H](C)CC)nn3)CC2)nc(N2CCN(C(=O)[C@H](CCC(=O)O)n3cc(C(N)Cc4ccc(O)cc4)nn3)CC2)n1.Cl. The Labute approximate surface area is 453 Å². The Kier molecular flexibility index (Phi) is 22.5. The van der Waals surface area contributed by atoms with E-state index in [0.29, 0.717) is 121 Å². The number of carbonyl (C=O) groups excluding carboxylic acids is 2. The van der Waals surface area contributed by atoms with Crippen LogP contribution in [0.5, 0.6) is 11.5 Å². The highest BCUT2D eigenvalue weighted by atomic mass is 35.5. The Morgan fingerprint density at radius 1 is 0.701 bits per heavy atom. The van der Waals surface area contributed by atoms with Crippen molar-refractivity contribution in [1.29, 1.82) is 0 Å². The summed E-state index contributed by atoms with van der Waals surface area (Å²) in [6, 6.07) is 10.8. The number of rotatable bonds is 28. The Morgan fingerprint density at radius 2 is 1.19 bits per heavy atom. The van der Waals surface area contributed by atoms with E-state index in [1.807, 2.05) is 9.80 Å². The summed E-state index contributed by atoms with van der Waals surface area (Å²) in [6.07, 6.45) is 9.85. The van der Waals surface area contributed by atoms with Crippen LogP contribution in [0.15, 0.2) is 60.9 Å². The first-order valence-electron chi connectivity index (χ1n) is 25.7. The third-order valence-electron chi connectivity index (χ3n) is 13.5. The van der Waals surface area contributed by atoms with E-state index in [1.54, 1.807) is 75.4 Å². The van der Waals surface area contributed by atoms with Gasteiger partial charge in [-0.25, -0.2) is 9.36 Å². The van der Waals surface area contributed by atoms with Crippen molar-refractivity contribution in [3.63, 3.8) is 0 Å². The summed E-state index contributed by atoms with van der Waals surface area (Å²) in [6.45, 7) is 9.38. The lowest BCUT2D eigenvalue weighted by Crippen LogP contribution is -2.52. The molecule has 5 heterocycles. The number of nitrogens with one attached hydrogen (secondary N) is 1. The Morgan fingerprint density at radius 3 is 1.74 bits per heavy atom. The van der Waals surface area contributed by atoms with Gasteiger partial charge in [0.25, 0.3) is 0 Å². The van der Waals surface area contributed by atoms with Gasteiger partial charge in [0, 0.05) is 71.7 Å². The number of amides is 2. The normalized spacial score (nSPS) is 15.7. The zero-order chi connectivity index (χ0) is 54.0. The average Bonchev–Trinajstić information content (AvgIpc) is 4.15. The fraction of sp³-hybridized carbons (Fsp3) is 0.529. The van der Waals surface area contributed by atoms with Gasteiger partial charge >= 0.3 is 5.97 Å². The number of piperazine rings is 2. The van der Waals surface area contributed by atoms with Gasteiger partial charge in [0.05, 0.1) is 68.9 Å². The zero-order valence-electron chi connectivity index (χ0n) is 43.5. The van der Waals surface area contributed by atoms with E-state index in [2.05, 4.69) is 45.7 Å². The summed E-state index contributed by atoms with van der Waals surface area (Å²) in [5.74, 6) is 2.44. The Hall–Kier alpha value is -7.21. The van der Waals surface area contributed by atoms with Crippen LogP contribution in [0.1, 0.15) is 79.8 Å². The number of hydrogen-bond acceptors (Lipinski definition) is 20. The minimum Gasteiger partial charge on any atom is -0.508 e.